The van der Waals surface area contributed by atoms with Gasteiger partial charge in [0.05, 0.1) is 20.8 Å². The number of ether oxygens (including phenoxy) is 3. The average Bonchev–Trinajstić information content (AvgIpc) is 2.59. The summed E-state index contributed by atoms with van der Waals surface area (Å²) >= 11 is 3.36. The highest BCUT2D eigenvalue weighted by Gasteiger charge is 2.17. The van der Waals surface area contributed by atoms with E-state index >= 15 is 0 Å². The minimum atomic E-state index is -0.265. The summed E-state index contributed by atoms with van der Waals surface area (Å²) in [4.78, 5) is 12.3. The molecule has 122 valence electrons. The summed E-state index contributed by atoms with van der Waals surface area (Å²) in [7, 11) is 3.03. The number of rotatable bonds is 7. The summed E-state index contributed by atoms with van der Waals surface area (Å²) < 4.78 is 17.0. The normalized spacial score (nSPS) is 10.0. The van der Waals surface area contributed by atoms with E-state index in [1.165, 1.54) is 14.2 Å². The van der Waals surface area contributed by atoms with Crippen molar-refractivity contribution in [2.75, 3.05) is 27.4 Å². The van der Waals surface area contributed by atoms with Gasteiger partial charge in [-0.05, 0) is 36.4 Å². The first-order chi connectivity index (χ1) is 11.2. The number of halogens is 1. The van der Waals surface area contributed by atoms with Crippen molar-refractivity contribution in [2.24, 2.45) is 0 Å². The quantitative estimate of drug-likeness (QED) is 0.750. The highest BCUT2D eigenvalue weighted by molar-refractivity contribution is 9.10. The number of benzene rings is 2. The minimum Gasteiger partial charge on any atom is -0.496 e. The Morgan fingerprint density at radius 3 is 2.22 bits per heavy atom. The number of carbonyl (C=O) groups is 1. The molecule has 6 heteroatoms. The van der Waals surface area contributed by atoms with E-state index in [9.17, 15) is 4.79 Å². The van der Waals surface area contributed by atoms with Crippen molar-refractivity contribution in [3.05, 3.63) is 52.5 Å². The van der Waals surface area contributed by atoms with Gasteiger partial charge in [-0.1, -0.05) is 22.0 Å². The lowest BCUT2D eigenvalue weighted by Gasteiger charge is -2.13. The lowest BCUT2D eigenvalue weighted by molar-refractivity contribution is 0.0940. The topological polar surface area (TPSA) is 56.8 Å². The van der Waals surface area contributed by atoms with Crippen LogP contribution in [0.4, 0.5) is 0 Å². The van der Waals surface area contributed by atoms with Crippen LogP contribution in [-0.2, 0) is 0 Å². The van der Waals surface area contributed by atoms with E-state index in [1.54, 1.807) is 18.2 Å². The van der Waals surface area contributed by atoms with E-state index in [0.717, 1.165) is 10.2 Å². The van der Waals surface area contributed by atoms with Crippen molar-refractivity contribution >= 4 is 21.8 Å². The van der Waals surface area contributed by atoms with Crippen LogP contribution >= 0.6 is 15.9 Å². The molecule has 2 aromatic carbocycles. The molecule has 0 heterocycles. The molecular weight excluding hydrogens is 362 g/mol. The Kier molecular flexibility index (Phi) is 6.29. The predicted molar refractivity (Wildman–Crippen MR) is 91.5 cm³/mol. The summed E-state index contributed by atoms with van der Waals surface area (Å²) in [5.41, 5.74) is 0.376. The van der Waals surface area contributed by atoms with Crippen LogP contribution in [0.15, 0.2) is 46.9 Å². The van der Waals surface area contributed by atoms with Gasteiger partial charge in [0.2, 0.25) is 0 Å². The van der Waals surface area contributed by atoms with Crippen LogP contribution in [0, 0.1) is 0 Å². The van der Waals surface area contributed by atoms with Crippen LogP contribution in [0.1, 0.15) is 10.4 Å². The summed E-state index contributed by atoms with van der Waals surface area (Å²) in [6.07, 6.45) is 0. The van der Waals surface area contributed by atoms with Crippen molar-refractivity contribution in [3.8, 4) is 17.2 Å². The zero-order chi connectivity index (χ0) is 16.7. The van der Waals surface area contributed by atoms with Crippen molar-refractivity contribution in [1.82, 2.24) is 5.32 Å². The average molecular weight is 380 g/mol. The maximum absolute atomic E-state index is 12.3. The van der Waals surface area contributed by atoms with Crippen LogP contribution in [0.25, 0.3) is 0 Å². The Morgan fingerprint density at radius 1 is 1.04 bits per heavy atom. The molecule has 0 aromatic heterocycles. The number of carbonyl (C=O) groups excluding carboxylic acids is 1. The number of nitrogens with one attached hydrogen (secondary N) is 1. The molecule has 0 aliphatic heterocycles. The molecule has 0 saturated heterocycles. The highest BCUT2D eigenvalue weighted by Crippen LogP contribution is 2.27. The number of hydrogen-bond acceptors (Lipinski definition) is 4. The standard InChI is InChI=1S/C17H18BrNO4/c1-21-14-4-3-5-15(22-2)16(14)17(20)19-10-11-23-13-8-6-12(18)7-9-13/h3-9H,10-11H2,1-2H3,(H,19,20). The van der Waals surface area contributed by atoms with Gasteiger partial charge < -0.3 is 19.5 Å². The summed E-state index contributed by atoms with van der Waals surface area (Å²) in [5, 5.41) is 2.80. The molecule has 0 bridgehead atoms. The summed E-state index contributed by atoms with van der Waals surface area (Å²) in [6, 6.07) is 12.7. The molecule has 0 fully saturated rings. The van der Waals surface area contributed by atoms with Crippen molar-refractivity contribution in [1.29, 1.82) is 0 Å². The number of methoxy groups -OCH3 is 2. The van der Waals surface area contributed by atoms with E-state index < -0.39 is 0 Å². The summed E-state index contributed by atoms with van der Waals surface area (Å²) in [5.74, 6) is 1.42. The first-order valence-electron chi connectivity index (χ1n) is 7.03. The molecule has 0 unspecified atom stereocenters. The van der Waals surface area contributed by atoms with E-state index in [0.29, 0.717) is 30.2 Å². The van der Waals surface area contributed by atoms with Crippen LogP contribution in [0.5, 0.6) is 17.2 Å². The Hall–Kier alpha value is -2.21. The van der Waals surface area contributed by atoms with Crippen LogP contribution in [0.3, 0.4) is 0 Å². The fraction of sp³-hybridized carbons (Fsp3) is 0.235. The van der Waals surface area contributed by atoms with Crippen LogP contribution in [-0.4, -0.2) is 33.3 Å². The number of amides is 1. The molecule has 2 rings (SSSR count). The maximum atomic E-state index is 12.3. The van der Waals surface area contributed by atoms with Gasteiger partial charge in [-0.25, -0.2) is 0 Å². The fourth-order valence-corrected chi connectivity index (χ4v) is 2.29. The molecule has 0 radical (unpaired) electrons. The second-order valence-electron chi connectivity index (χ2n) is 4.60. The van der Waals surface area contributed by atoms with Gasteiger partial charge >= 0.3 is 0 Å². The number of hydrogen-bond donors (Lipinski definition) is 1. The minimum absolute atomic E-state index is 0.265. The molecule has 0 spiro atoms. The van der Waals surface area contributed by atoms with Gasteiger partial charge in [0.1, 0.15) is 29.4 Å². The van der Waals surface area contributed by atoms with E-state index in [2.05, 4.69) is 21.2 Å². The van der Waals surface area contributed by atoms with Crippen LogP contribution in [0.2, 0.25) is 0 Å². The molecule has 0 aliphatic rings. The molecule has 0 aliphatic carbocycles. The molecule has 5 nitrogen and oxygen atoms in total. The molecule has 23 heavy (non-hydrogen) atoms. The van der Waals surface area contributed by atoms with Crippen molar-refractivity contribution in [3.63, 3.8) is 0 Å². The second-order valence-corrected chi connectivity index (χ2v) is 5.51. The second kappa shape index (κ2) is 8.43. The smallest absolute Gasteiger partial charge is 0.258 e. The van der Waals surface area contributed by atoms with Crippen molar-refractivity contribution < 1.29 is 19.0 Å². The first kappa shape index (κ1) is 17.1. The summed E-state index contributed by atoms with van der Waals surface area (Å²) in [6.45, 7) is 0.737. The molecule has 2 aromatic rings. The highest BCUT2D eigenvalue weighted by atomic mass is 79.9. The largest absolute Gasteiger partial charge is 0.496 e. The monoisotopic (exact) mass is 379 g/mol. The maximum Gasteiger partial charge on any atom is 0.258 e. The van der Waals surface area contributed by atoms with Crippen molar-refractivity contribution in [2.45, 2.75) is 0 Å². The van der Waals surface area contributed by atoms with Gasteiger partial charge in [0, 0.05) is 4.47 Å². The first-order valence-corrected chi connectivity index (χ1v) is 7.82. The van der Waals surface area contributed by atoms with E-state index in [4.69, 9.17) is 14.2 Å². The van der Waals surface area contributed by atoms with Gasteiger partial charge in [0.15, 0.2) is 0 Å². The molecule has 0 atom stereocenters. The predicted octanol–water partition coefficient (Wildman–Crippen LogP) is 3.28. The third-order valence-corrected chi connectivity index (χ3v) is 3.65. The molecular formula is C17H18BrNO4. The lowest BCUT2D eigenvalue weighted by Crippen LogP contribution is -2.28. The Balaban J connectivity index is 1.91. The molecule has 0 saturated carbocycles. The van der Waals surface area contributed by atoms with E-state index in [1.807, 2.05) is 24.3 Å². The Bertz CT molecular complexity index is 636. The Labute approximate surface area is 143 Å². The third-order valence-electron chi connectivity index (χ3n) is 3.12. The lowest BCUT2D eigenvalue weighted by atomic mass is 10.1. The van der Waals surface area contributed by atoms with Gasteiger partial charge in [-0.15, -0.1) is 0 Å². The zero-order valence-electron chi connectivity index (χ0n) is 13.0. The van der Waals surface area contributed by atoms with Gasteiger partial charge in [-0.3, -0.25) is 4.79 Å². The third kappa shape index (κ3) is 4.63. The van der Waals surface area contributed by atoms with Gasteiger partial charge in [0.25, 0.3) is 5.91 Å². The zero-order valence-corrected chi connectivity index (χ0v) is 14.6. The molecule has 1 amide bonds. The van der Waals surface area contributed by atoms with E-state index in [-0.39, 0.29) is 5.91 Å². The SMILES string of the molecule is COc1cccc(OC)c1C(=O)NCCOc1ccc(Br)cc1. The fourth-order valence-electron chi connectivity index (χ4n) is 2.03. The molecule has 1 N–H and O–H groups in total. The van der Waals surface area contributed by atoms with Crippen LogP contribution < -0.4 is 19.5 Å². The Morgan fingerprint density at radius 2 is 1.65 bits per heavy atom. The van der Waals surface area contributed by atoms with Gasteiger partial charge in [-0.2, -0.15) is 0 Å².